The number of rotatable bonds is 1. The molecule has 0 saturated carbocycles. The monoisotopic (exact) mass is 252 g/mol. The van der Waals surface area contributed by atoms with Crippen LogP contribution in [0.2, 0.25) is 0 Å². The maximum absolute atomic E-state index is 11.7. The second kappa shape index (κ2) is 5.07. The Morgan fingerprint density at radius 2 is 2.11 bits per heavy atom. The average Bonchev–Trinajstić information content (AvgIpc) is 2.47. The lowest BCUT2D eigenvalue weighted by Gasteiger charge is -2.26. The molecule has 1 atom stereocenters. The van der Waals surface area contributed by atoms with Crippen molar-refractivity contribution >= 4 is 0 Å². The molecule has 0 bridgehead atoms. The molecule has 0 amide bonds. The van der Waals surface area contributed by atoms with Gasteiger partial charge in [0.25, 0.3) is 5.56 Å². The van der Waals surface area contributed by atoms with Crippen molar-refractivity contribution < 1.29 is 5.11 Å². The zero-order chi connectivity index (χ0) is 13.3. The lowest BCUT2D eigenvalue weighted by molar-refractivity contribution is 0.217. The van der Waals surface area contributed by atoms with Gasteiger partial charge in [-0.25, -0.2) is 0 Å². The molecule has 6 heteroatoms. The largest absolute Gasteiger partial charge is 0.493 e. The fourth-order valence-electron chi connectivity index (χ4n) is 2.26. The molecule has 1 aliphatic heterocycles. The van der Waals surface area contributed by atoms with Crippen LogP contribution in [0.5, 0.6) is 5.88 Å². The number of hydrogen-bond acceptors (Lipinski definition) is 5. The van der Waals surface area contributed by atoms with Gasteiger partial charge in [0.1, 0.15) is 5.82 Å². The molecule has 18 heavy (non-hydrogen) atoms. The minimum Gasteiger partial charge on any atom is -0.493 e. The van der Waals surface area contributed by atoms with Gasteiger partial charge in [0.2, 0.25) is 5.88 Å². The van der Waals surface area contributed by atoms with Crippen LogP contribution in [0.15, 0.2) is 4.79 Å². The van der Waals surface area contributed by atoms with Crippen LogP contribution in [0.25, 0.3) is 0 Å². The maximum atomic E-state index is 11.7. The van der Waals surface area contributed by atoms with Gasteiger partial charge in [0, 0.05) is 6.54 Å². The van der Waals surface area contributed by atoms with E-state index in [0.717, 1.165) is 26.1 Å². The molecule has 0 spiro atoms. The smallest absolute Gasteiger partial charge is 0.257 e. The molecule has 1 aliphatic rings. The number of aromatic nitrogens is 2. The zero-order valence-electron chi connectivity index (χ0n) is 11.1. The van der Waals surface area contributed by atoms with Crippen molar-refractivity contribution in [1.29, 1.82) is 0 Å². The summed E-state index contributed by atoms with van der Waals surface area (Å²) in [5.74, 6) is 0.369. The first-order valence-corrected chi connectivity index (χ1v) is 6.17. The number of likely N-dealkylation sites (N-methyl/N-ethyl adjacent to an activating group) is 2. The van der Waals surface area contributed by atoms with Gasteiger partial charge < -0.3 is 15.0 Å². The molecule has 2 heterocycles. The second-order valence-electron chi connectivity index (χ2n) is 5.01. The summed E-state index contributed by atoms with van der Waals surface area (Å²) in [4.78, 5) is 23.0. The van der Waals surface area contributed by atoms with Gasteiger partial charge in [0.15, 0.2) is 0 Å². The molecule has 6 nitrogen and oxygen atoms in total. The first-order chi connectivity index (χ1) is 8.49. The Kier molecular flexibility index (Phi) is 3.68. The van der Waals surface area contributed by atoms with Crippen molar-refractivity contribution in [2.24, 2.45) is 0 Å². The van der Waals surface area contributed by atoms with Gasteiger partial charge in [-0.2, -0.15) is 4.98 Å². The van der Waals surface area contributed by atoms with Crippen molar-refractivity contribution in [2.45, 2.75) is 19.4 Å². The van der Waals surface area contributed by atoms with E-state index in [2.05, 4.69) is 26.8 Å². The quantitative estimate of drug-likeness (QED) is 0.741. The molecule has 1 fully saturated rings. The van der Waals surface area contributed by atoms with Crippen LogP contribution in [0.3, 0.4) is 0 Å². The van der Waals surface area contributed by atoms with Crippen molar-refractivity contribution in [2.75, 3.05) is 33.7 Å². The molecule has 1 aromatic rings. The molecular formula is C12H20N4O2. The van der Waals surface area contributed by atoms with E-state index in [9.17, 15) is 9.90 Å². The molecule has 1 saturated heterocycles. The summed E-state index contributed by atoms with van der Waals surface area (Å²) < 4.78 is 0. The van der Waals surface area contributed by atoms with E-state index in [0.29, 0.717) is 5.82 Å². The van der Waals surface area contributed by atoms with Crippen LogP contribution in [0.4, 0.5) is 0 Å². The van der Waals surface area contributed by atoms with Gasteiger partial charge >= 0.3 is 0 Å². The van der Waals surface area contributed by atoms with Crippen molar-refractivity contribution in [3.8, 4) is 5.88 Å². The first kappa shape index (κ1) is 13.0. The van der Waals surface area contributed by atoms with Crippen LogP contribution in [0, 0.1) is 6.92 Å². The van der Waals surface area contributed by atoms with Gasteiger partial charge in [0.05, 0.1) is 11.6 Å². The highest BCUT2D eigenvalue weighted by Gasteiger charge is 2.25. The molecule has 0 radical (unpaired) electrons. The Hall–Kier alpha value is -1.40. The van der Waals surface area contributed by atoms with Gasteiger partial charge in [-0.3, -0.25) is 9.69 Å². The van der Waals surface area contributed by atoms with Crippen LogP contribution in [0.1, 0.15) is 23.9 Å². The number of aromatic amines is 1. The Morgan fingerprint density at radius 3 is 2.78 bits per heavy atom. The summed E-state index contributed by atoms with van der Waals surface area (Å²) >= 11 is 0. The van der Waals surface area contributed by atoms with Gasteiger partial charge in [-0.05, 0) is 40.5 Å². The fourth-order valence-corrected chi connectivity index (χ4v) is 2.26. The molecule has 0 aliphatic carbocycles. The number of H-pyrrole nitrogens is 1. The summed E-state index contributed by atoms with van der Waals surface area (Å²) in [5.41, 5.74) is 0.00109. The predicted octanol–water partition coefficient (Wildman–Crippen LogP) is 0.0923. The standard InChI is InChI=1S/C12H20N4O2/c1-8-11(17)13-10(14-12(8)18)9-7-15(2)5-4-6-16(9)3/h9H,4-7H2,1-3H3,(H2,13,14,17,18). The Balaban J connectivity index is 2.36. The lowest BCUT2D eigenvalue weighted by Crippen LogP contribution is -2.33. The summed E-state index contributed by atoms with van der Waals surface area (Å²) in [7, 11) is 4.07. The van der Waals surface area contributed by atoms with Crippen LogP contribution < -0.4 is 5.56 Å². The minimum atomic E-state index is -0.266. The maximum Gasteiger partial charge on any atom is 0.257 e. The first-order valence-electron chi connectivity index (χ1n) is 6.17. The molecule has 2 rings (SSSR count). The van der Waals surface area contributed by atoms with E-state index in [1.54, 1.807) is 6.92 Å². The van der Waals surface area contributed by atoms with E-state index in [4.69, 9.17) is 0 Å². The molecule has 100 valence electrons. The Morgan fingerprint density at radius 1 is 1.39 bits per heavy atom. The van der Waals surface area contributed by atoms with E-state index in [1.807, 2.05) is 7.05 Å². The minimum absolute atomic E-state index is 0.0108. The third-order valence-corrected chi connectivity index (χ3v) is 3.53. The van der Waals surface area contributed by atoms with E-state index < -0.39 is 0 Å². The van der Waals surface area contributed by atoms with E-state index >= 15 is 0 Å². The molecular weight excluding hydrogens is 232 g/mol. The van der Waals surface area contributed by atoms with Crippen molar-refractivity contribution in [1.82, 2.24) is 19.8 Å². The third-order valence-electron chi connectivity index (χ3n) is 3.53. The molecule has 2 N–H and O–H groups in total. The van der Waals surface area contributed by atoms with Crippen LogP contribution in [-0.2, 0) is 0 Å². The molecule has 1 unspecified atom stereocenters. The normalized spacial score (nSPS) is 22.9. The summed E-state index contributed by atoms with van der Waals surface area (Å²) in [6, 6.07) is 0.0108. The zero-order valence-corrected chi connectivity index (χ0v) is 11.1. The highest BCUT2D eigenvalue weighted by molar-refractivity contribution is 5.21. The van der Waals surface area contributed by atoms with Gasteiger partial charge in [-0.15, -0.1) is 0 Å². The number of nitrogens with one attached hydrogen (secondary N) is 1. The topological polar surface area (TPSA) is 72.5 Å². The van der Waals surface area contributed by atoms with Crippen LogP contribution >= 0.6 is 0 Å². The third kappa shape index (κ3) is 2.54. The number of aromatic hydroxyl groups is 1. The number of hydrogen-bond donors (Lipinski definition) is 2. The Bertz CT molecular complexity index is 485. The lowest BCUT2D eigenvalue weighted by atomic mass is 10.2. The average molecular weight is 252 g/mol. The highest BCUT2D eigenvalue weighted by Crippen LogP contribution is 2.21. The molecule has 0 aromatic carbocycles. The van der Waals surface area contributed by atoms with E-state index in [1.165, 1.54) is 0 Å². The predicted molar refractivity (Wildman–Crippen MR) is 68.7 cm³/mol. The van der Waals surface area contributed by atoms with Crippen molar-refractivity contribution in [3.05, 3.63) is 21.7 Å². The second-order valence-corrected chi connectivity index (χ2v) is 5.01. The number of nitrogens with zero attached hydrogens (tertiary/aromatic N) is 3. The van der Waals surface area contributed by atoms with E-state index in [-0.39, 0.29) is 23.0 Å². The highest BCUT2D eigenvalue weighted by atomic mass is 16.3. The summed E-state index contributed by atoms with van der Waals surface area (Å²) in [6.07, 6.45) is 1.09. The summed E-state index contributed by atoms with van der Waals surface area (Å²) in [6.45, 7) is 4.34. The van der Waals surface area contributed by atoms with Crippen LogP contribution in [-0.4, -0.2) is 58.6 Å². The van der Waals surface area contributed by atoms with Gasteiger partial charge in [-0.1, -0.05) is 0 Å². The summed E-state index contributed by atoms with van der Waals surface area (Å²) in [5, 5.41) is 9.67. The molecule has 1 aromatic heterocycles. The van der Waals surface area contributed by atoms with Crippen molar-refractivity contribution in [3.63, 3.8) is 0 Å². The SMILES string of the molecule is Cc1c(O)nc(C2CN(C)CCCN2C)[nH]c1=O. The fraction of sp³-hybridized carbons (Fsp3) is 0.667. The Labute approximate surface area is 106 Å².